The summed E-state index contributed by atoms with van der Waals surface area (Å²) in [6, 6.07) is 7.53. The standard InChI is InChI=1S/C12H13NO3/c1-14-12-4-9(2-3-10(12)5-13)6-16-11-7-15-8-11/h2-4,11H,6-8H2,1H3. The molecule has 1 aromatic carbocycles. The van der Waals surface area contributed by atoms with E-state index in [1.165, 1.54) is 0 Å². The summed E-state index contributed by atoms with van der Waals surface area (Å²) in [4.78, 5) is 0. The van der Waals surface area contributed by atoms with E-state index in [9.17, 15) is 0 Å². The van der Waals surface area contributed by atoms with E-state index in [0.29, 0.717) is 31.1 Å². The first-order valence-corrected chi connectivity index (χ1v) is 5.10. The summed E-state index contributed by atoms with van der Waals surface area (Å²) in [6.45, 7) is 1.87. The molecule has 2 rings (SSSR count). The van der Waals surface area contributed by atoms with Gasteiger partial charge in [-0.05, 0) is 17.7 Å². The van der Waals surface area contributed by atoms with Crippen molar-refractivity contribution in [3.05, 3.63) is 29.3 Å². The van der Waals surface area contributed by atoms with Crippen molar-refractivity contribution in [1.82, 2.24) is 0 Å². The van der Waals surface area contributed by atoms with Gasteiger partial charge in [0.05, 0.1) is 32.5 Å². The maximum absolute atomic E-state index is 8.83. The molecule has 16 heavy (non-hydrogen) atoms. The maximum Gasteiger partial charge on any atom is 0.136 e. The molecule has 0 radical (unpaired) electrons. The van der Waals surface area contributed by atoms with E-state index in [0.717, 1.165) is 5.56 Å². The Hall–Kier alpha value is -1.57. The molecule has 1 saturated heterocycles. The number of ether oxygens (including phenoxy) is 3. The van der Waals surface area contributed by atoms with E-state index in [1.807, 2.05) is 12.1 Å². The minimum absolute atomic E-state index is 0.210. The molecule has 0 bridgehead atoms. The van der Waals surface area contributed by atoms with Crippen LogP contribution in [-0.2, 0) is 16.1 Å². The van der Waals surface area contributed by atoms with Crippen LogP contribution in [0.5, 0.6) is 5.75 Å². The number of hydrogen-bond donors (Lipinski definition) is 0. The molecule has 0 saturated carbocycles. The third-order valence-electron chi connectivity index (χ3n) is 2.48. The molecule has 0 aromatic heterocycles. The predicted molar refractivity (Wildman–Crippen MR) is 57.1 cm³/mol. The van der Waals surface area contributed by atoms with Crippen LogP contribution in [0, 0.1) is 11.3 Å². The van der Waals surface area contributed by atoms with Gasteiger partial charge in [-0.1, -0.05) is 6.07 Å². The van der Waals surface area contributed by atoms with Crippen molar-refractivity contribution < 1.29 is 14.2 Å². The van der Waals surface area contributed by atoms with Gasteiger partial charge < -0.3 is 14.2 Å². The lowest BCUT2D eigenvalue weighted by Gasteiger charge is -2.26. The highest BCUT2D eigenvalue weighted by atomic mass is 16.6. The summed E-state index contributed by atoms with van der Waals surface area (Å²) < 4.78 is 15.7. The van der Waals surface area contributed by atoms with Crippen LogP contribution < -0.4 is 4.74 Å². The smallest absolute Gasteiger partial charge is 0.136 e. The molecule has 4 nitrogen and oxygen atoms in total. The van der Waals surface area contributed by atoms with Gasteiger partial charge in [0, 0.05) is 0 Å². The topological polar surface area (TPSA) is 51.5 Å². The average Bonchev–Trinajstić information content (AvgIpc) is 2.26. The molecule has 0 aliphatic carbocycles. The van der Waals surface area contributed by atoms with E-state index in [-0.39, 0.29) is 6.10 Å². The Kier molecular flexibility index (Phi) is 3.40. The van der Waals surface area contributed by atoms with Crippen LogP contribution in [-0.4, -0.2) is 26.4 Å². The molecule has 0 atom stereocenters. The van der Waals surface area contributed by atoms with E-state index < -0.39 is 0 Å². The highest BCUT2D eigenvalue weighted by Crippen LogP contribution is 2.20. The Morgan fingerprint density at radius 3 is 2.88 bits per heavy atom. The summed E-state index contributed by atoms with van der Waals surface area (Å²) in [5, 5.41) is 8.83. The van der Waals surface area contributed by atoms with Crippen molar-refractivity contribution in [2.24, 2.45) is 0 Å². The van der Waals surface area contributed by atoms with Crippen molar-refractivity contribution in [3.8, 4) is 11.8 Å². The third kappa shape index (κ3) is 2.32. The van der Waals surface area contributed by atoms with Crippen molar-refractivity contribution in [3.63, 3.8) is 0 Å². The highest BCUT2D eigenvalue weighted by Gasteiger charge is 2.18. The minimum Gasteiger partial charge on any atom is -0.495 e. The third-order valence-corrected chi connectivity index (χ3v) is 2.48. The van der Waals surface area contributed by atoms with Crippen LogP contribution in [0.1, 0.15) is 11.1 Å². The van der Waals surface area contributed by atoms with Gasteiger partial charge >= 0.3 is 0 Å². The molecule has 1 heterocycles. The Morgan fingerprint density at radius 2 is 2.31 bits per heavy atom. The van der Waals surface area contributed by atoms with Crippen molar-refractivity contribution in [2.45, 2.75) is 12.7 Å². The lowest BCUT2D eigenvalue weighted by molar-refractivity contribution is -0.135. The van der Waals surface area contributed by atoms with Crippen molar-refractivity contribution in [1.29, 1.82) is 5.26 Å². The van der Waals surface area contributed by atoms with Crippen molar-refractivity contribution >= 4 is 0 Å². The predicted octanol–water partition coefficient (Wildman–Crippen LogP) is 1.48. The highest BCUT2D eigenvalue weighted by molar-refractivity contribution is 5.45. The zero-order valence-electron chi connectivity index (χ0n) is 9.10. The molecule has 1 aromatic rings. The minimum atomic E-state index is 0.210. The quantitative estimate of drug-likeness (QED) is 0.769. The SMILES string of the molecule is COc1cc(COC2COC2)ccc1C#N. The van der Waals surface area contributed by atoms with Gasteiger partial charge in [-0.15, -0.1) is 0 Å². The van der Waals surface area contributed by atoms with Crippen LogP contribution in [0.15, 0.2) is 18.2 Å². The monoisotopic (exact) mass is 219 g/mol. The van der Waals surface area contributed by atoms with Gasteiger partial charge in [-0.25, -0.2) is 0 Å². The fourth-order valence-electron chi connectivity index (χ4n) is 1.44. The second kappa shape index (κ2) is 4.97. The van der Waals surface area contributed by atoms with Gasteiger partial charge in [0.2, 0.25) is 0 Å². The molecular weight excluding hydrogens is 206 g/mol. The van der Waals surface area contributed by atoms with Gasteiger partial charge in [0.15, 0.2) is 0 Å². The Bertz CT molecular complexity index is 407. The van der Waals surface area contributed by atoms with Gasteiger partial charge in [0.25, 0.3) is 0 Å². The Labute approximate surface area is 94.3 Å². The van der Waals surface area contributed by atoms with E-state index in [1.54, 1.807) is 13.2 Å². The number of nitrogens with zero attached hydrogens (tertiary/aromatic N) is 1. The second-order valence-electron chi connectivity index (χ2n) is 3.62. The molecule has 4 heteroatoms. The maximum atomic E-state index is 8.83. The van der Waals surface area contributed by atoms with Crippen molar-refractivity contribution in [2.75, 3.05) is 20.3 Å². The van der Waals surface area contributed by atoms with E-state index in [2.05, 4.69) is 6.07 Å². The van der Waals surface area contributed by atoms with Crippen LogP contribution in [0.25, 0.3) is 0 Å². The summed E-state index contributed by atoms with van der Waals surface area (Å²) in [5.74, 6) is 0.591. The van der Waals surface area contributed by atoms with Gasteiger partial charge in [-0.3, -0.25) is 0 Å². The summed E-state index contributed by atoms with van der Waals surface area (Å²) >= 11 is 0. The zero-order chi connectivity index (χ0) is 11.4. The number of nitriles is 1. The Morgan fingerprint density at radius 1 is 1.50 bits per heavy atom. The number of benzene rings is 1. The van der Waals surface area contributed by atoms with Crippen LogP contribution in [0.3, 0.4) is 0 Å². The van der Waals surface area contributed by atoms with Gasteiger partial charge in [-0.2, -0.15) is 5.26 Å². The molecule has 1 fully saturated rings. The molecule has 0 unspecified atom stereocenters. The molecule has 0 amide bonds. The first-order valence-electron chi connectivity index (χ1n) is 5.10. The second-order valence-corrected chi connectivity index (χ2v) is 3.62. The average molecular weight is 219 g/mol. The van der Waals surface area contributed by atoms with Crippen LogP contribution >= 0.6 is 0 Å². The summed E-state index contributed by atoms with van der Waals surface area (Å²) in [7, 11) is 1.56. The lowest BCUT2D eigenvalue weighted by atomic mass is 10.1. The molecule has 0 N–H and O–H groups in total. The van der Waals surface area contributed by atoms with Gasteiger partial charge in [0.1, 0.15) is 17.9 Å². The molecular formula is C12H13NO3. The van der Waals surface area contributed by atoms with E-state index >= 15 is 0 Å². The zero-order valence-corrected chi connectivity index (χ0v) is 9.10. The number of hydrogen-bond acceptors (Lipinski definition) is 4. The first-order chi connectivity index (χ1) is 7.83. The molecule has 0 spiro atoms. The fraction of sp³-hybridized carbons (Fsp3) is 0.417. The number of methoxy groups -OCH3 is 1. The molecule has 1 aliphatic rings. The largest absolute Gasteiger partial charge is 0.495 e. The fourth-order valence-corrected chi connectivity index (χ4v) is 1.44. The van der Waals surface area contributed by atoms with E-state index in [4.69, 9.17) is 19.5 Å². The van der Waals surface area contributed by atoms with Crippen LogP contribution in [0.4, 0.5) is 0 Å². The normalized spacial score (nSPS) is 15.2. The lowest BCUT2D eigenvalue weighted by Crippen LogP contribution is -2.35. The summed E-state index contributed by atoms with van der Waals surface area (Å²) in [6.07, 6.45) is 0.210. The molecule has 84 valence electrons. The van der Waals surface area contributed by atoms with Crippen LogP contribution in [0.2, 0.25) is 0 Å². The molecule has 1 aliphatic heterocycles. The summed E-state index contributed by atoms with van der Waals surface area (Å²) in [5.41, 5.74) is 1.54. The Balaban J connectivity index is 2.01. The first kappa shape index (κ1) is 10.9. The number of rotatable bonds is 4.